The molecule has 1 amide bonds. The fourth-order valence-corrected chi connectivity index (χ4v) is 2.59. The van der Waals surface area contributed by atoms with Gasteiger partial charge < -0.3 is 14.7 Å². The predicted octanol–water partition coefficient (Wildman–Crippen LogP) is 2.57. The van der Waals surface area contributed by atoms with Crippen molar-refractivity contribution < 1.29 is 19.4 Å². The average Bonchev–Trinajstić information content (AvgIpc) is 2.87. The number of ether oxygens (including phenoxy) is 1. The van der Waals surface area contributed by atoms with Gasteiger partial charge in [-0.15, -0.1) is 12.4 Å². The van der Waals surface area contributed by atoms with Crippen LogP contribution in [0.15, 0.2) is 28.7 Å². The first kappa shape index (κ1) is 17.8. The number of hydrogen-bond donors (Lipinski definition) is 1. The SMILES string of the molecule is CC(Oc1cccc(Br)c1)C(=O)N1CCC(C(=O)O)C1.Cl. The number of carbonyl (C=O) groups is 2. The summed E-state index contributed by atoms with van der Waals surface area (Å²) in [4.78, 5) is 24.6. The van der Waals surface area contributed by atoms with Crippen LogP contribution in [0.4, 0.5) is 0 Å². The molecular weight excluding hydrogens is 362 g/mol. The van der Waals surface area contributed by atoms with Crippen molar-refractivity contribution in [2.24, 2.45) is 5.92 Å². The second kappa shape index (κ2) is 7.66. The molecule has 2 unspecified atom stereocenters. The van der Waals surface area contributed by atoms with Gasteiger partial charge in [0.2, 0.25) is 0 Å². The average molecular weight is 379 g/mol. The van der Waals surface area contributed by atoms with Crippen molar-refractivity contribution in [3.63, 3.8) is 0 Å². The zero-order valence-electron chi connectivity index (χ0n) is 11.5. The molecule has 0 aliphatic carbocycles. The lowest BCUT2D eigenvalue weighted by Gasteiger charge is -2.21. The van der Waals surface area contributed by atoms with Gasteiger partial charge in [-0.3, -0.25) is 9.59 Å². The summed E-state index contributed by atoms with van der Waals surface area (Å²) < 4.78 is 6.47. The number of benzene rings is 1. The number of halogens is 2. The molecule has 1 aromatic rings. The van der Waals surface area contributed by atoms with Crippen LogP contribution < -0.4 is 4.74 Å². The molecule has 2 atom stereocenters. The monoisotopic (exact) mass is 377 g/mol. The van der Waals surface area contributed by atoms with Gasteiger partial charge in [0, 0.05) is 17.6 Å². The summed E-state index contributed by atoms with van der Waals surface area (Å²) in [5.41, 5.74) is 0. The Labute approximate surface area is 137 Å². The zero-order chi connectivity index (χ0) is 14.7. The normalized spacial score (nSPS) is 18.8. The summed E-state index contributed by atoms with van der Waals surface area (Å²) in [6.45, 7) is 2.42. The van der Waals surface area contributed by atoms with Crippen LogP contribution in [0.1, 0.15) is 13.3 Å². The third kappa shape index (κ3) is 4.61. The van der Waals surface area contributed by atoms with Gasteiger partial charge >= 0.3 is 5.97 Å². The first-order chi connectivity index (χ1) is 9.47. The zero-order valence-corrected chi connectivity index (χ0v) is 13.9. The van der Waals surface area contributed by atoms with Crippen LogP contribution in [0.25, 0.3) is 0 Å². The third-order valence-electron chi connectivity index (χ3n) is 3.31. The molecule has 1 heterocycles. The van der Waals surface area contributed by atoms with Crippen molar-refractivity contribution in [2.45, 2.75) is 19.4 Å². The molecule has 7 heteroatoms. The fraction of sp³-hybridized carbons (Fsp3) is 0.429. The third-order valence-corrected chi connectivity index (χ3v) is 3.80. The second-order valence-corrected chi connectivity index (χ2v) is 5.74. The molecular formula is C14H17BrClNO4. The Balaban J connectivity index is 0.00000220. The van der Waals surface area contributed by atoms with Crippen molar-refractivity contribution in [3.8, 4) is 5.75 Å². The molecule has 116 valence electrons. The smallest absolute Gasteiger partial charge is 0.308 e. The molecule has 21 heavy (non-hydrogen) atoms. The number of carboxylic acids is 1. The number of nitrogens with zero attached hydrogens (tertiary/aromatic N) is 1. The maximum atomic E-state index is 12.2. The molecule has 1 aliphatic rings. The maximum absolute atomic E-state index is 12.2. The lowest BCUT2D eigenvalue weighted by atomic mass is 10.1. The van der Waals surface area contributed by atoms with E-state index < -0.39 is 18.0 Å². The highest BCUT2D eigenvalue weighted by molar-refractivity contribution is 9.10. The fourth-order valence-electron chi connectivity index (χ4n) is 2.21. The summed E-state index contributed by atoms with van der Waals surface area (Å²) in [5, 5.41) is 8.94. The minimum atomic E-state index is -0.846. The molecule has 0 radical (unpaired) electrons. The van der Waals surface area contributed by atoms with Gasteiger partial charge in [-0.2, -0.15) is 0 Å². The molecule has 1 aromatic carbocycles. The molecule has 1 saturated heterocycles. The predicted molar refractivity (Wildman–Crippen MR) is 83.8 cm³/mol. The molecule has 5 nitrogen and oxygen atoms in total. The maximum Gasteiger partial charge on any atom is 0.308 e. The van der Waals surface area contributed by atoms with Crippen molar-refractivity contribution >= 4 is 40.2 Å². The first-order valence-corrected chi connectivity index (χ1v) is 7.20. The number of amides is 1. The topological polar surface area (TPSA) is 66.8 Å². The van der Waals surface area contributed by atoms with Crippen LogP contribution in [0.2, 0.25) is 0 Å². The van der Waals surface area contributed by atoms with Gasteiger partial charge in [0.1, 0.15) is 5.75 Å². The van der Waals surface area contributed by atoms with Gasteiger partial charge in [-0.25, -0.2) is 0 Å². The van der Waals surface area contributed by atoms with E-state index in [9.17, 15) is 9.59 Å². The Morgan fingerprint density at radius 3 is 2.76 bits per heavy atom. The molecule has 0 bridgehead atoms. The van der Waals surface area contributed by atoms with Crippen LogP contribution in [-0.2, 0) is 9.59 Å². The van der Waals surface area contributed by atoms with E-state index in [2.05, 4.69) is 15.9 Å². The van der Waals surface area contributed by atoms with Gasteiger partial charge in [0.25, 0.3) is 5.91 Å². The summed E-state index contributed by atoms with van der Waals surface area (Å²) in [6.07, 6.45) is -0.123. The highest BCUT2D eigenvalue weighted by Crippen LogP contribution is 2.21. The summed E-state index contributed by atoms with van der Waals surface area (Å²) in [5.74, 6) is -0.874. The summed E-state index contributed by atoms with van der Waals surface area (Å²) >= 11 is 3.34. The lowest BCUT2D eigenvalue weighted by Crippen LogP contribution is -2.39. The quantitative estimate of drug-likeness (QED) is 0.874. The van der Waals surface area contributed by atoms with Crippen molar-refractivity contribution in [1.82, 2.24) is 4.90 Å². The lowest BCUT2D eigenvalue weighted by molar-refractivity contribution is -0.142. The Hall–Kier alpha value is -1.27. The summed E-state index contributed by atoms with van der Waals surface area (Å²) in [6, 6.07) is 7.26. The van der Waals surface area contributed by atoms with Crippen LogP contribution in [-0.4, -0.2) is 41.1 Å². The molecule has 2 rings (SSSR count). The van der Waals surface area contributed by atoms with E-state index in [0.29, 0.717) is 18.7 Å². The Kier molecular flexibility index (Phi) is 6.48. The Morgan fingerprint density at radius 1 is 1.48 bits per heavy atom. The van der Waals surface area contributed by atoms with Crippen molar-refractivity contribution in [3.05, 3.63) is 28.7 Å². The minimum absolute atomic E-state index is 0. The molecule has 0 saturated carbocycles. The molecule has 1 N–H and O–H groups in total. The second-order valence-electron chi connectivity index (χ2n) is 4.83. The van der Waals surface area contributed by atoms with Gasteiger partial charge in [0.05, 0.1) is 5.92 Å². The standard InChI is InChI=1S/C14H16BrNO4.ClH/c1-9(20-12-4-2-3-11(15)7-12)13(17)16-6-5-10(8-16)14(18)19;/h2-4,7,9-10H,5-6,8H2,1H3,(H,18,19);1H. The Morgan fingerprint density at radius 2 is 2.19 bits per heavy atom. The van der Waals surface area contributed by atoms with Crippen LogP contribution in [0, 0.1) is 5.92 Å². The number of rotatable bonds is 4. The summed E-state index contributed by atoms with van der Waals surface area (Å²) in [7, 11) is 0. The van der Waals surface area contributed by atoms with E-state index in [1.165, 1.54) is 0 Å². The highest BCUT2D eigenvalue weighted by atomic mass is 79.9. The Bertz CT molecular complexity index is 525. The van der Waals surface area contributed by atoms with Crippen molar-refractivity contribution in [2.75, 3.05) is 13.1 Å². The van der Waals surface area contributed by atoms with Crippen LogP contribution in [0.3, 0.4) is 0 Å². The van der Waals surface area contributed by atoms with E-state index in [1.54, 1.807) is 24.0 Å². The van der Waals surface area contributed by atoms with E-state index in [-0.39, 0.29) is 24.9 Å². The number of carbonyl (C=O) groups excluding carboxylic acids is 1. The van der Waals surface area contributed by atoms with Gasteiger partial charge in [-0.05, 0) is 31.5 Å². The van der Waals surface area contributed by atoms with Crippen molar-refractivity contribution in [1.29, 1.82) is 0 Å². The molecule has 1 aliphatic heterocycles. The highest BCUT2D eigenvalue weighted by Gasteiger charge is 2.33. The minimum Gasteiger partial charge on any atom is -0.481 e. The van der Waals surface area contributed by atoms with E-state index in [4.69, 9.17) is 9.84 Å². The van der Waals surface area contributed by atoms with Gasteiger partial charge in [-0.1, -0.05) is 22.0 Å². The van der Waals surface area contributed by atoms with Crippen LogP contribution in [0.5, 0.6) is 5.75 Å². The van der Waals surface area contributed by atoms with E-state index in [1.807, 2.05) is 12.1 Å². The van der Waals surface area contributed by atoms with Gasteiger partial charge in [0.15, 0.2) is 6.10 Å². The number of hydrogen-bond acceptors (Lipinski definition) is 3. The molecule has 0 spiro atoms. The number of carboxylic acid groups (broad SMARTS) is 1. The molecule has 0 aromatic heterocycles. The van der Waals surface area contributed by atoms with E-state index in [0.717, 1.165) is 4.47 Å². The largest absolute Gasteiger partial charge is 0.481 e. The number of likely N-dealkylation sites (tertiary alicyclic amines) is 1. The number of aliphatic carboxylic acids is 1. The van der Waals surface area contributed by atoms with E-state index >= 15 is 0 Å². The molecule has 1 fully saturated rings. The van der Waals surface area contributed by atoms with Crippen LogP contribution >= 0.6 is 28.3 Å². The first-order valence-electron chi connectivity index (χ1n) is 6.41.